The van der Waals surface area contributed by atoms with E-state index in [0.717, 1.165) is 42.4 Å². The second kappa shape index (κ2) is 15.3. The Morgan fingerprint density at radius 3 is 2.19 bits per heavy atom. The molecule has 1 N–H and O–H groups in total. The number of benzene rings is 4. The topological polar surface area (TPSA) is 96.0 Å². The Kier molecular flexibility index (Phi) is 11.0. The van der Waals surface area contributed by atoms with Crippen molar-refractivity contribution in [3.8, 4) is 5.75 Å². The zero-order valence-corrected chi connectivity index (χ0v) is 28.1. The van der Waals surface area contributed by atoms with Gasteiger partial charge in [-0.1, -0.05) is 91.2 Å². The molecule has 1 saturated carbocycles. The summed E-state index contributed by atoms with van der Waals surface area (Å²) < 4.78 is 35.2. The molecule has 4 aromatic rings. The maximum atomic E-state index is 14.7. The summed E-state index contributed by atoms with van der Waals surface area (Å²) in [6, 6.07) is 29.8. The molecule has 0 spiro atoms. The Morgan fingerprint density at radius 1 is 0.851 bits per heavy atom. The molecule has 4 aromatic carbocycles. The molecule has 0 aromatic heterocycles. The number of carbonyl (C=O) groups excluding carboxylic acids is 2. The Labute approximate surface area is 278 Å². The lowest BCUT2D eigenvalue weighted by atomic mass is 10.0. The van der Waals surface area contributed by atoms with Crippen molar-refractivity contribution in [1.29, 1.82) is 0 Å². The number of hydrogen-bond acceptors (Lipinski definition) is 5. The minimum Gasteiger partial charge on any atom is -0.497 e. The van der Waals surface area contributed by atoms with Gasteiger partial charge in [0.1, 0.15) is 18.3 Å². The summed E-state index contributed by atoms with van der Waals surface area (Å²) in [5, 5.41) is 3.21. The van der Waals surface area contributed by atoms with Crippen molar-refractivity contribution in [3.05, 3.63) is 125 Å². The summed E-state index contributed by atoms with van der Waals surface area (Å²) in [5.41, 5.74) is 3.68. The summed E-state index contributed by atoms with van der Waals surface area (Å²) >= 11 is 0. The zero-order chi connectivity index (χ0) is 33.4. The molecule has 1 aliphatic rings. The van der Waals surface area contributed by atoms with Crippen molar-refractivity contribution in [1.82, 2.24) is 10.2 Å². The van der Waals surface area contributed by atoms with Crippen LogP contribution in [0.4, 0.5) is 5.69 Å². The number of para-hydroxylation sites is 1. The number of carbonyl (C=O) groups is 2. The van der Waals surface area contributed by atoms with Crippen LogP contribution in [0.3, 0.4) is 0 Å². The third-order valence-electron chi connectivity index (χ3n) is 8.73. The number of nitrogens with zero attached hydrogens (tertiary/aromatic N) is 2. The first kappa shape index (κ1) is 33.7. The van der Waals surface area contributed by atoms with E-state index >= 15 is 0 Å². The molecule has 0 aliphatic heterocycles. The van der Waals surface area contributed by atoms with Crippen LogP contribution >= 0.6 is 0 Å². The second-order valence-electron chi connectivity index (χ2n) is 12.2. The highest BCUT2D eigenvalue weighted by Gasteiger charge is 2.36. The predicted octanol–water partition coefficient (Wildman–Crippen LogP) is 6.21. The van der Waals surface area contributed by atoms with E-state index in [0.29, 0.717) is 17.0 Å². The molecule has 1 atom stereocenters. The maximum Gasteiger partial charge on any atom is 0.264 e. The Bertz CT molecular complexity index is 1770. The Balaban J connectivity index is 1.58. The fourth-order valence-corrected chi connectivity index (χ4v) is 7.56. The number of hydrogen-bond donors (Lipinski definition) is 1. The van der Waals surface area contributed by atoms with Crippen molar-refractivity contribution in [2.24, 2.45) is 0 Å². The van der Waals surface area contributed by atoms with E-state index in [1.54, 1.807) is 43.5 Å². The van der Waals surface area contributed by atoms with Gasteiger partial charge in [-0.05, 0) is 73.7 Å². The standard InChI is InChI=1S/C38H43N3O5S/c1-28-20-22-34(23-21-28)47(44,45)41(35-19-10-7-12-29(35)2)27-37(42)40(26-31-15-11-18-33(24-31)46-3)36(25-30-13-5-4-6-14-30)38(43)39-32-16-8-9-17-32/h4-7,10-15,18-24,32,36H,8-9,16-17,25-27H2,1-3H3,(H,39,43)/t36-/m1/s1. The summed E-state index contributed by atoms with van der Waals surface area (Å²) in [6.45, 7) is 3.29. The van der Waals surface area contributed by atoms with Crippen molar-refractivity contribution in [2.75, 3.05) is 18.0 Å². The molecule has 0 bridgehead atoms. The molecular formula is C38H43N3O5S. The normalized spacial score (nSPS) is 13.9. The lowest BCUT2D eigenvalue weighted by Crippen LogP contribution is -2.54. The summed E-state index contributed by atoms with van der Waals surface area (Å²) in [6.07, 6.45) is 4.14. The van der Waals surface area contributed by atoms with E-state index in [1.807, 2.05) is 80.6 Å². The second-order valence-corrected chi connectivity index (χ2v) is 14.0. The fraction of sp³-hybridized carbons (Fsp3) is 0.316. The minimum absolute atomic E-state index is 0.0416. The number of nitrogens with one attached hydrogen (secondary N) is 1. The van der Waals surface area contributed by atoms with Crippen molar-refractivity contribution in [3.63, 3.8) is 0 Å². The van der Waals surface area contributed by atoms with E-state index in [9.17, 15) is 18.0 Å². The van der Waals surface area contributed by atoms with Gasteiger partial charge in [0.25, 0.3) is 10.0 Å². The molecule has 0 heterocycles. The third-order valence-corrected chi connectivity index (χ3v) is 10.5. The molecule has 5 rings (SSSR count). The van der Waals surface area contributed by atoms with Crippen LogP contribution in [0.1, 0.15) is 47.9 Å². The van der Waals surface area contributed by atoms with E-state index in [4.69, 9.17) is 4.74 Å². The lowest BCUT2D eigenvalue weighted by molar-refractivity contribution is -0.140. The minimum atomic E-state index is -4.16. The third kappa shape index (κ3) is 8.40. The summed E-state index contributed by atoms with van der Waals surface area (Å²) in [4.78, 5) is 30.5. The molecule has 1 aliphatic carbocycles. The van der Waals surface area contributed by atoms with E-state index in [1.165, 1.54) is 9.21 Å². The van der Waals surface area contributed by atoms with Gasteiger partial charge in [-0.25, -0.2) is 8.42 Å². The molecular weight excluding hydrogens is 611 g/mol. The molecule has 9 heteroatoms. The van der Waals surface area contributed by atoms with Crippen LogP contribution in [0.15, 0.2) is 108 Å². The van der Waals surface area contributed by atoms with Crippen LogP contribution in [0.25, 0.3) is 0 Å². The molecule has 0 unspecified atom stereocenters. The Morgan fingerprint density at radius 2 is 1.51 bits per heavy atom. The van der Waals surface area contributed by atoms with Gasteiger partial charge in [0.05, 0.1) is 17.7 Å². The SMILES string of the molecule is COc1cccc(CN(C(=O)CN(c2ccccc2C)S(=O)(=O)c2ccc(C)cc2)[C@H](Cc2ccccc2)C(=O)NC2CCCC2)c1. The average Bonchev–Trinajstić information content (AvgIpc) is 3.59. The van der Waals surface area contributed by atoms with E-state index in [2.05, 4.69) is 5.32 Å². The highest BCUT2D eigenvalue weighted by Crippen LogP contribution is 2.28. The number of rotatable bonds is 13. The van der Waals surface area contributed by atoms with Gasteiger partial charge in [0, 0.05) is 19.0 Å². The van der Waals surface area contributed by atoms with Crippen molar-refractivity contribution >= 4 is 27.5 Å². The van der Waals surface area contributed by atoms with Gasteiger partial charge in [0.15, 0.2) is 0 Å². The summed E-state index contributed by atoms with van der Waals surface area (Å²) in [7, 11) is -2.59. The monoisotopic (exact) mass is 653 g/mol. The number of aryl methyl sites for hydroxylation is 2. The largest absolute Gasteiger partial charge is 0.497 e. The summed E-state index contributed by atoms with van der Waals surface area (Å²) in [5.74, 6) is -0.122. The van der Waals surface area contributed by atoms with Crippen LogP contribution in [0.2, 0.25) is 0 Å². The van der Waals surface area contributed by atoms with Gasteiger partial charge < -0.3 is 15.0 Å². The Hall–Kier alpha value is -4.63. The van der Waals surface area contributed by atoms with Gasteiger partial charge in [0.2, 0.25) is 11.8 Å². The number of ether oxygens (including phenoxy) is 1. The van der Waals surface area contributed by atoms with Crippen LogP contribution in [-0.4, -0.2) is 50.9 Å². The van der Waals surface area contributed by atoms with Gasteiger partial charge in [-0.2, -0.15) is 0 Å². The van der Waals surface area contributed by atoms with Gasteiger partial charge in [-0.15, -0.1) is 0 Å². The quantitative estimate of drug-likeness (QED) is 0.185. The number of anilines is 1. The van der Waals surface area contributed by atoms with Crippen LogP contribution < -0.4 is 14.4 Å². The highest BCUT2D eigenvalue weighted by molar-refractivity contribution is 7.92. The smallest absolute Gasteiger partial charge is 0.264 e. The van der Waals surface area contributed by atoms with Crippen molar-refractivity contribution < 1.29 is 22.7 Å². The number of methoxy groups -OCH3 is 1. The van der Waals surface area contributed by atoms with Crippen molar-refractivity contribution in [2.45, 2.75) is 69.5 Å². The first-order valence-electron chi connectivity index (χ1n) is 16.1. The number of sulfonamides is 1. The molecule has 47 heavy (non-hydrogen) atoms. The molecule has 0 saturated heterocycles. The number of amides is 2. The lowest BCUT2D eigenvalue weighted by Gasteiger charge is -2.34. The fourth-order valence-electron chi connectivity index (χ4n) is 6.08. The van der Waals surface area contributed by atoms with Gasteiger partial charge in [-0.3, -0.25) is 13.9 Å². The van der Waals surface area contributed by atoms with Crippen LogP contribution in [0, 0.1) is 13.8 Å². The van der Waals surface area contributed by atoms with E-state index < -0.39 is 28.5 Å². The first-order chi connectivity index (χ1) is 22.7. The molecule has 1 fully saturated rings. The maximum absolute atomic E-state index is 14.7. The zero-order valence-electron chi connectivity index (χ0n) is 27.3. The molecule has 246 valence electrons. The van der Waals surface area contributed by atoms with Gasteiger partial charge >= 0.3 is 0 Å². The van der Waals surface area contributed by atoms with Crippen LogP contribution in [0.5, 0.6) is 5.75 Å². The van der Waals surface area contributed by atoms with E-state index in [-0.39, 0.29) is 29.8 Å². The first-order valence-corrected chi connectivity index (χ1v) is 17.5. The molecule has 8 nitrogen and oxygen atoms in total. The van der Waals surface area contributed by atoms with Crippen LogP contribution in [-0.2, 0) is 32.6 Å². The average molecular weight is 654 g/mol. The highest BCUT2D eigenvalue weighted by atomic mass is 32.2. The molecule has 0 radical (unpaired) electrons. The molecule has 2 amide bonds. The predicted molar refractivity (Wildman–Crippen MR) is 185 cm³/mol.